The average molecular weight is 260 g/mol. The summed E-state index contributed by atoms with van der Waals surface area (Å²) in [5, 5.41) is 9.25. The molecule has 0 aliphatic heterocycles. The SMILES string of the molecule is Cc1ccc(/C=C/c2nc(N)sc2C(=O)O)cc1. The van der Waals surface area contributed by atoms with Crippen molar-refractivity contribution in [3.8, 4) is 0 Å². The van der Waals surface area contributed by atoms with Crippen LogP contribution in [0.2, 0.25) is 0 Å². The molecule has 0 atom stereocenters. The number of aromatic nitrogens is 1. The number of rotatable bonds is 3. The summed E-state index contributed by atoms with van der Waals surface area (Å²) in [7, 11) is 0. The van der Waals surface area contributed by atoms with Crippen LogP contribution in [0.15, 0.2) is 24.3 Å². The molecule has 2 aromatic rings. The maximum absolute atomic E-state index is 11.0. The van der Waals surface area contributed by atoms with Crippen LogP contribution in [0.1, 0.15) is 26.5 Å². The van der Waals surface area contributed by atoms with Crippen molar-refractivity contribution in [1.29, 1.82) is 0 Å². The number of carboxylic acids is 1. The summed E-state index contributed by atoms with van der Waals surface area (Å²) in [4.78, 5) is 15.1. The number of aryl methyl sites for hydroxylation is 1. The van der Waals surface area contributed by atoms with Gasteiger partial charge >= 0.3 is 5.97 Å². The molecule has 1 aromatic heterocycles. The van der Waals surface area contributed by atoms with E-state index < -0.39 is 5.97 Å². The zero-order valence-corrected chi connectivity index (χ0v) is 10.6. The van der Waals surface area contributed by atoms with Gasteiger partial charge in [0.1, 0.15) is 4.88 Å². The van der Waals surface area contributed by atoms with E-state index in [1.54, 1.807) is 6.08 Å². The van der Waals surface area contributed by atoms with Gasteiger partial charge in [0.2, 0.25) is 0 Å². The highest BCUT2D eigenvalue weighted by Gasteiger charge is 2.13. The minimum Gasteiger partial charge on any atom is -0.477 e. The topological polar surface area (TPSA) is 76.2 Å². The maximum Gasteiger partial charge on any atom is 0.348 e. The van der Waals surface area contributed by atoms with E-state index in [9.17, 15) is 4.79 Å². The quantitative estimate of drug-likeness (QED) is 0.889. The summed E-state index contributed by atoms with van der Waals surface area (Å²) in [5.41, 5.74) is 8.08. The van der Waals surface area contributed by atoms with Gasteiger partial charge in [-0.2, -0.15) is 0 Å². The van der Waals surface area contributed by atoms with Crippen LogP contribution in [0.4, 0.5) is 5.13 Å². The van der Waals surface area contributed by atoms with Gasteiger partial charge in [0.25, 0.3) is 0 Å². The highest BCUT2D eigenvalue weighted by Crippen LogP contribution is 2.22. The first-order valence-electron chi connectivity index (χ1n) is 5.30. The van der Waals surface area contributed by atoms with Crippen LogP contribution in [0.5, 0.6) is 0 Å². The summed E-state index contributed by atoms with van der Waals surface area (Å²) in [5.74, 6) is -1.01. The van der Waals surface area contributed by atoms with Crippen molar-refractivity contribution >= 4 is 34.6 Å². The number of nitrogen functional groups attached to an aromatic ring is 1. The van der Waals surface area contributed by atoms with E-state index in [0.29, 0.717) is 5.69 Å². The molecular formula is C13H12N2O2S. The van der Waals surface area contributed by atoms with Crippen molar-refractivity contribution in [2.75, 3.05) is 5.73 Å². The number of hydrogen-bond donors (Lipinski definition) is 2. The van der Waals surface area contributed by atoms with E-state index in [2.05, 4.69) is 4.98 Å². The fourth-order valence-corrected chi connectivity index (χ4v) is 2.13. The van der Waals surface area contributed by atoms with Gasteiger partial charge in [0.15, 0.2) is 5.13 Å². The molecule has 0 fully saturated rings. The molecule has 0 saturated carbocycles. The normalized spacial score (nSPS) is 10.9. The Bertz CT molecular complexity index is 600. The van der Waals surface area contributed by atoms with E-state index >= 15 is 0 Å². The number of thiazole rings is 1. The van der Waals surface area contributed by atoms with Crippen molar-refractivity contribution in [3.05, 3.63) is 46.0 Å². The molecule has 0 radical (unpaired) electrons. The summed E-state index contributed by atoms with van der Waals surface area (Å²) in [6.45, 7) is 2.01. The van der Waals surface area contributed by atoms with E-state index in [-0.39, 0.29) is 10.0 Å². The fraction of sp³-hybridized carbons (Fsp3) is 0.0769. The van der Waals surface area contributed by atoms with Crippen LogP contribution in [0.25, 0.3) is 12.2 Å². The summed E-state index contributed by atoms with van der Waals surface area (Å²) in [6.07, 6.45) is 3.49. The Labute approximate surface area is 108 Å². The highest BCUT2D eigenvalue weighted by atomic mass is 32.1. The zero-order valence-electron chi connectivity index (χ0n) is 9.75. The number of nitrogens with zero attached hydrogens (tertiary/aromatic N) is 1. The molecule has 4 nitrogen and oxygen atoms in total. The Morgan fingerprint density at radius 1 is 1.33 bits per heavy atom. The van der Waals surface area contributed by atoms with Gasteiger partial charge in [-0.1, -0.05) is 47.2 Å². The van der Waals surface area contributed by atoms with Crippen LogP contribution in [0, 0.1) is 6.92 Å². The van der Waals surface area contributed by atoms with Gasteiger partial charge in [0, 0.05) is 0 Å². The fourth-order valence-electron chi connectivity index (χ4n) is 1.47. The summed E-state index contributed by atoms with van der Waals surface area (Å²) < 4.78 is 0. The molecule has 1 heterocycles. The van der Waals surface area contributed by atoms with E-state index in [1.165, 1.54) is 5.56 Å². The van der Waals surface area contributed by atoms with E-state index in [1.807, 2.05) is 37.3 Å². The van der Waals surface area contributed by atoms with Crippen LogP contribution < -0.4 is 5.73 Å². The van der Waals surface area contributed by atoms with Crippen molar-refractivity contribution in [2.24, 2.45) is 0 Å². The van der Waals surface area contributed by atoms with Crippen molar-refractivity contribution in [1.82, 2.24) is 4.98 Å². The smallest absolute Gasteiger partial charge is 0.348 e. The molecule has 0 amide bonds. The van der Waals surface area contributed by atoms with Crippen LogP contribution in [0.3, 0.4) is 0 Å². The monoisotopic (exact) mass is 260 g/mol. The first-order chi connectivity index (χ1) is 8.56. The van der Waals surface area contributed by atoms with Gasteiger partial charge in [-0.15, -0.1) is 0 Å². The van der Waals surface area contributed by atoms with Gasteiger partial charge in [0.05, 0.1) is 5.69 Å². The largest absolute Gasteiger partial charge is 0.477 e. The van der Waals surface area contributed by atoms with Gasteiger partial charge in [-0.05, 0) is 18.6 Å². The van der Waals surface area contributed by atoms with Crippen LogP contribution in [-0.2, 0) is 0 Å². The van der Waals surface area contributed by atoms with Crippen LogP contribution in [-0.4, -0.2) is 16.1 Å². The van der Waals surface area contributed by atoms with E-state index in [0.717, 1.165) is 16.9 Å². The zero-order chi connectivity index (χ0) is 13.1. The van der Waals surface area contributed by atoms with Gasteiger partial charge in [-0.3, -0.25) is 0 Å². The Balaban J connectivity index is 2.28. The minimum absolute atomic E-state index is 0.163. The number of anilines is 1. The molecule has 0 unspecified atom stereocenters. The molecule has 18 heavy (non-hydrogen) atoms. The number of carboxylic acid groups (broad SMARTS) is 1. The van der Waals surface area contributed by atoms with Crippen molar-refractivity contribution in [3.63, 3.8) is 0 Å². The first kappa shape index (κ1) is 12.3. The Morgan fingerprint density at radius 2 is 2.00 bits per heavy atom. The van der Waals surface area contributed by atoms with Crippen molar-refractivity contribution in [2.45, 2.75) is 6.92 Å². The predicted molar refractivity (Wildman–Crippen MR) is 73.6 cm³/mol. The third-order valence-electron chi connectivity index (χ3n) is 2.38. The van der Waals surface area contributed by atoms with Crippen molar-refractivity contribution < 1.29 is 9.90 Å². The molecule has 0 bridgehead atoms. The summed E-state index contributed by atoms with van der Waals surface area (Å²) in [6, 6.07) is 7.91. The minimum atomic E-state index is -1.01. The number of nitrogens with two attached hydrogens (primary N) is 1. The Kier molecular flexibility index (Phi) is 3.43. The number of benzene rings is 1. The second kappa shape index (κ2) is 5.01. The first-order valence-corrected chi connectivity index (χ1v) is 6.12. The summed E-state index contributed by atoms with van der Waals surface area (Å²) >= 11 is 0.976. The molecule has 0 aliphatic rings. The molecule has 0 aliphatic carbocycles. The van der Waals surface area contributed by atoms with Gasteiger partial charge in [-0.25, -0.2) is 9.78 Å². The number of aromatic carboxylic acids is 1. The average Bonchev–Trinajstić information content (AvgIpc) is 2.70. The lowest BCUT2D eigenvalue weighted by Crippen LogP contribution is -1.94. The van der Waals surface area contributed by atoms with Gasteiger partial charge < -0.3 is 10.8 Å². The second-order valence-electron chi connectivity index (χ2n) is 3.82. The third kappa shape index (κ3) is 2.75. The number of carbonyl (C=O) groups is 1. The molecular weight excluding hydrogens is 248 g/mol. The molecule has 1 aromatic carbocycles. The standard InChI is InChI=1S/C13H12N2O2S/c1-8-2-4-9(5-3-8)6-7-10-11(12(16)17)18-13(14)15-10/h2-7H,1H3,(H2,14,15)(H,16,17)/b7-6+. The second-order valence-corrected chi connectivity index (χ2v) is 4.85. The molecule has 2 rings (SSSR count). The molecule has 5 heteroatoms. The molecule has 0 spiro atoms. The Hall–Kier alpha value is -2.14. The third-order valence-corrected chi connectivity index (χ3v) is 3.26. The molecule has 0 saturated heterocycles. The Morgan fingerprint density at radius 3 is 2.61 bits per heavy atom. The predicted octanol–water partition coefficient (Wildman–Crippen LogP) is 2.90. The lowest BCUT2D eigenvalue weighted by Gasteiger charge is -1.94. The molecule has 3 N–H and O–H groups in total. The van der Waals surface area contributed by atoms with E-state index in [4.69, 9.17) is 10.8 Å². The molecule has 92 valence electrons. The number of hydrogen-bond acceptors (Lipinski definition) is 4. The highest BCUT2D eigenvalue weighted by molar-refractivity contribution is 7.17. The van der Waals surface area contributed by atoms with Crippen LogP contribution >= 0.6 is 11.3 Å². The lowest BCUT2D eigenvalue weighted by atomic mass is 10.1. The lowest BCUT2D eigenvalue weighted by molar-refractivity contribution is 0.0701. The maximum atomic E-state index is 11.0.